The van der Waals surface area contributed by atoms with E-state index >= 15 is 0 Å². The highest BCUT2D eigenvalue weighted by Crippen LogP contribution is 2.36. The van der Waals surface area contributed by atoms with Gasteiger partial charge in [0, 0.05) is 0 Å². The molecule has 2 saturated heterocycles. The van der Waals surface area contributed by atoms with E-state index < -0.39 is 83.4 Å². The number of hydroxylamine groups is 2. The topological polar surface area (TPSA) is 98.2 Å². The number of hydrogen-bond donors (Lipinski definition) is 1. The molecule has 0 unspecified atom stereocenters. The fraction of sp³-hybridized carbons (Fsp3) is 0.273. The molecular formula is C22H15F6N3O5. The Balaban J connectivity index is 1.57. The van der Waals surface area contributed by atoms with Crippen LogP contribution in [0.1, 0.15) is 24.0 Å². The second-order valence-corrected chi connectivity index (χ2v) is 8.05. The molecule has 2 heterocycles. The molecule has 2 atom stereocenters. The monoisotopic (exact) mass is 515 g/mol. The van der Waals surface area contributed by atoms with E-state index in [1.54, 1.807) is 0 Å². The molecule has 1 N–H and O–H groups in total. The third kappa shape index (κ3) is 4.44. The van der Waals surface area contributed by atoms with Gasteiger partial charge in [-0.1, -0.05) is 12.1 Å². The lowest BCUT2D eigenvalue weighted by atomic mass is 10.1. The Morgan fingerprint density at radius 1 is 0.694 bits per heavy atom. The van der Waals surface area contributed by atoms with Gasteiger partial charge in [-0.3, -0.25) is 19.2 Å². The van der Waals surface area contributed by atoms with Gasteiger partial charge in [-0.05, 0) is 36.4 Å². The van der Waals surface area contributed by atoms with E-state index in [0.717, 1.165) is 36.4 Å². The van der Waals surface area contributed by atoms with Crippen molar-refractivity contribution in [2.24, 2.45) is 0 Å². The number of rotatable bonds is 4. The highest BCUT2D eigenvalue weighted by Gasteiger charge is 2.51. The van der Waals surface area contributed by atoms with E-state index in [2.05, 4.69) is 0 Å². The minimum Gasteiger partial charge on any atom is -0.312 e. The van der Waals surface area contributed by atoms with Crippen LogP contribution in [-0.4, -0.2) is 46.0 Å². The van der Waals surface area contributed by atoms with Crippen molar-refractivity contribution in [2.45, 2.75) is 37.3 Å². The van der Waals surface area contributed by atoms with Gasteiger partial charge >= 0.3 is 12.4 Å². The standard InChI is InChI=1S/C22H15F6N3O5/c23-21(24,25)11-3-1-5-13(7-11)29-17(32)9-15(19(29)34)31(36)16-10-18(33)30(20(16)35)14-6-2-4-12(8-14)22(26,27)28/h1-8,15-16,36H,9-10H2/t15-,16-/m0/s1. The fourth-order valence-corrected chi connectivity index (χ4v) is 4.05. The van der Waals surface area contributed by atoms with Crippen molar-refractivity contribution < 1.29 is 50.7 Å². The van der Waals surface area contributed by atoms with E-state index in [0.29, 0.717) is 21.9 Å². The largest absolute Gasteiger partial charge is 0.416 e. The predicted octanol–water partition coefficient (Wildman–Crippen LogP) is 3.38. The molecule has 0 bridgehead atoms. The van der Waals surface area contributed by atoms with Crippen LogP contribution in [0.15, 0.2) is 48.5 Å². The van der Waals surface area contributed by atoms with Gasteiger partial charge in [0.1, 0.15) is 12.1 Å². The summed E-state index contributed by atoms with van der Waals surface area (Å²) >= 11 is 0. The van der Waals surface area contributed by atoms with Gasteiger partial charge in [0.05, 0.1) is 35.3 Å². The first kappa shape index (κ1) is 25.3. The molecular weight excluding hydrogens is 500 g/mol. The Kier molecular flexibility index (Phi) is 6.12. The van der Waals surface area contributed by atoms with Gasteiger partial charge < -0.3 is 5.21 Å². The quantitative estimate of drug-likeness (QED) is 0.381. The second kappa shape index (κ2) is 8.71. The molecule has 8 nitrogen and oxygen atoms in total. The summed E-state index contributed by atoms with van der Waals surface area (Å²) in [4.78, 5) is 51.5. The van der Waals surface area contributed by atoms with Crippen LogP contribution in [0.4, 0.5) is 37.7 Å². The highest BCUT2D eigenvalue weighted by molar-refractivity contribution is 6.24. The number of carbonyl (C=O) groups excluding carboxylic acids is 4. The summed E-state index contributed by atoms with van der Waals surface area (Å²) in [5.74, 6) is -4.20. The first-order valence-electron chi connectivity index (χ1n) is 10.3. The first-order valence-corrected chi connectivity index (χ1v) is 10.3. The number of anilines is 2. The van der Waals surface area contributed by atoms with Crippen LogP contribution >= 0.6 is 0 Å². The van der Waals surface area contributed by atoms with Gasteiger partial charge in [-0.25, -0.2) is 9.80 Å². The van der Waals surface area contributed by atoms with Crippen molar-refractivity contribution in [3.05, 3.63) is 59.7 Å². The van der Waals surface area contributed by atoms with E-state index in [4.69, 9.17) is 0 Å². The lowest BCUT2D eigenvalue weighted by molar-refractivity contribution is -0.172. The summed E-state index contributed by atoms with van der Waals surface area (Å²) in [6.45, 7) is 0. The molecule has 2 aliphatic heterocycles. The SMILES string of the molecule is O=C1C[C@H](N(O)[C@H]2CC(=O)N(c3cccc(C(F)(F)F)c3)C2=O)C(=O)N1c1cccc(C(F)(F)F)c1. The van der Waals surface area contributed by atoms with Crippen LogP contribution in [0, 0.1) is 0 Å². The maximum Gasteiger partial charge on any atom is 0.416 e. The summed E-state index contributed by atoms with van der Waals surface area (Å²) in [6.07, 6.45) is -10.9. The number of benzene rings is 2. The maximum atomic E-state index is 13.0. The Morgan fingerprint density at radius 2 is 1.06 bits per heavy atom. The van der Waals surface area contributed by atoms with Crippen LogP contribution in [0.5, 0.6) is 0 Å². The normalized spacial score (nSPS) is 21.3. The number of halogens is 6. The number of hydrogen-bond acceptors (Lipinski definition) is 6. The molecule has 4 amide bonds. The number of nitrogens with zero attached hydrogens (tertiary/aromatic N) is 3. The zero-order valence-electron chi connectivity index (χ0n) is 17.9. The average molecular weight is 515 g/mol. The van der Waals surface area contributed by atoms with E-state index in [1.807, 2.05) is 0 Å². The molecule has 4 rings (SSSR count). The minimum atomic E-state index is -4.76. The smallest absolute Gasteiger partial charge is 0.312 e. The zero-order chi connectivity index (χ0) is 26.6. The first-order chi connectivity index (χ1) is 16.7. The van der Waals surface area contributed by atoms with Crippen LogP contribution in [0.2, 0.25) is 0 Å². The van der Waals surface area contributed by atoms with Gasteiger partial charge in [0.15, 0.2) is 0 Å². The van der Waals surface area contributed by atoms with E-state index in [9.17, 15) is 50.7 Å². The Bertz CT molecular complexity index is 1170. The summed E-state index contributed by atoms with van der Waals surface area (Å²) in [7, 11) is 0. The lowest BCUT2D eigenvalue weighted by Gasteiger charge is -2.25. The summed E-state index contributed by atoms with van der Waals surface area (Å²) in [6, 6.07) is 3.29. The Morgan fingerprint density at radius 3 is 1.39 bits per heavy atom. The van der Waals surface area contributed by atoms with Crippen LogP contribution in [0.3, 0.4) is 0 Å². The summed E-state index contributed by atoms with van der Waals surface area (Å²) in [5, 5.41) is 10.8. The molecule has 0 saturated carbocycles. The van der Waals surface area contributed by atoms with Crippen molar-refractivity contribution in [1.82, 2.24) is 5.06 Å². The molecule has 36 heavy (non-hydrogen) atoms. The molecule has 0 aromatic heterocycles. The van der Waals surface area contributed by atoms with Crippen molar-refractivity contribution in [1.29, 1.82) is 0 Å². The van der Waals surface area contributed by atoms with Gasteiger partial charge in [-0.15, -0.1) is 0 Å². The van der Waals surface area contributed by atoms with Crippen molar-refractivity contribution in [3.63, 3.8) is 0 Å². The average Bonchev–Trinajstić information content (AvgIpc) is 3.26. The molecule has 0 aliphatic carbocycles. The number of imide groups is 2. The maximum absolute atomic E-state index is 13.0. The van der Waals surface area contributed by atoms with Gasteiger partial charge in [0.2, 0.25) is 11.8 Å². The predicted molar refractivity (Wildman–Crippen MR) is 108 cm³/mol. The molecule has 2 aliphatic rings. The molecule has 190 valence electrons. The fourth-order valence-electron chi connectivity index (χ4n) is 4.05. The molecule has 0 spiro atoms. The third-order valence-electron chi connectivity index (χ3n) is 5.75. The molecule has 2 fully saturated rings. The Labute approximate surface area is 198 Å². The molecule has 14 heteroatoms. The number of alkyl halides is 6. The summed E-state index contributed by atoms with van der Waals surface area (Å²) in [5.41, 5.74) is -3.07. The molecule has 0 radical (unpaired) electrons. The number of amides is 4. The second-order valence-electron chi connectivity index (χ2n) is 8.05. The number of carbonyl (C=O) groups is 4. The zero-order valence-corrected chi connectivity index (χ0v) is 17.9. The van der Waals surface area contributed by atoms with Crippen molar-refractivity contribution in [2.75, 3.05) is 9.80 Å². The minimum absolute atomic E-state index is 0.154. The van der Waals surface area contributed by atoms with Gasteiger partial charge in [0.25, 0.3) is 11.8 Å². The van der Waals surface area contributed by atoms with Crippen LogP contribution < -0.4 is 9.80 Å². The highest BCUT2D eigenvalue weighted by atomic mass is 19.4. The van der Waals surface area contributed by atoms with Crippen LogP contribution in [0.25, 0.3) is 0 Å². The van der Waals surface area contributed by atoms with Gasteiger partial charge in [-0.2, -0.15) is 31.4 Å². The summed E-state index contributed by atoms with van der Waals surface area (Å²) < 4.78 is 78.2. The third-order valence-corrected chi connectivity index (χ3v) is 5.75. The van der Waals surface area contributed by atoms with Crippen molar-refractivity contribution >= 4 is 35.0 Å². The lowest BCUT2D eigenvalue weighted by Crippen LogP contribution is -2.49. The molecule has 2 aromatic rings. The van der Waals surface area contributed by atoms with E-state index in [-0.39, 0.29) is 5.06 Å². The van der Waals surface area contributed by atoms with Crippen molar-refractivity contribution in [3.8, 4) is 0 Å². The van der Waals surface area contributed by atoms with Crippen LogP contribution in [-0.2, 0) is 31.5 Å². The molecule has 2 aromatic carbocycles. The van der Waals surface area contributed by atoms with E-state index in [1.165, 1.54) is 0 Å². The Hall–Kier alpha value is -3.78.